The number of fused-ring (bicyclic) bond motifs is 1. The number of rotatable bonds is 1. The minimum atomic E-state index is -0.0489. The van der Waals surface area contributed by atoms with Crippen molar-refractivity contribution in [1.29, 1.82) is 0 Å². The Morgan fingerprint density at radius 1 is 1.19 bits per heavy atom. The number of amides is 1. The van der Waals surface area contributed by atoms with Gasteiger partial charge in [0.1, 0.15) is 5.75 Å². The van der Waals surface area contributed by atoms with E-state index in [-0.39, 0.29) is 11.7 Å². The van der Waals surface area contributed by atoms with Gasteiger partial charge in [0, 0.05) is 28.1 Å². The van der Waals surface area contributed by atoms with E-state index >= 15 is 0 Å². The molecular formula is C16H13BrClNO2. The summed E-state index contributed by atoms with van der Waals surface area (Å²) in [4.78, 5) is 14.4. The van der Waals surface area contributed by atoms with Crippen molar-refractivity contribution < 1.29 is 9.90 Å². The molecule has 0 radical (unpaired) electrons. The van der Waals surface area contributed by atoms with Gasteiger partial charge in [0.25, 0.3) is 5.91 Å². The van der Waals surface area contributed by atoms with Crippen LogP contribution in [0.2, 0.25) is 5.02 Å². The van der Waals surface area contributed by atoms with Gasteiger partial charge in [0.2, 0.25) is 0 Å². The monoisotopic (exact) mass is 365 g/mol. The molecule has 0 bridgehead atoms. The first-order valence-electron chi connectivity index (χ1n) is 6.59. The Kier molecular flexibility index (Phi) is 3.91. The summed E-state index contributed by atoms with van der Waals surface area (Å²) in [6.07, 6.45) is 0.795. The zero-order chi connectivity index (χ0) is 15.0. The van der Waals surface area contributed by atoms with Gasteiger partial charge in [-0.2, -0.15) is 0 Å². The molecule has 1 N–H and O–H groups in total. The predicted octanol–water partition coefficient (Wildman–Crippen LogP) is 4.01. The molecule has 3 rings (SSSR count). The number of halogens is 2. The topological polar surface area (TPSA) is 40.5 Å². The third-order valence-electron chi connectivity index (χ3n) is 3.60. The fourth-order valence-electron chi connectivity index (χ4n) is 2.58. The highest BCUT2D eigenvalue weighted by Crippen LogP contribution is 2.26. The van der Waals surface area contributed by atoms with Gasteiger partial charge in [0.05, 0.1) is 0 Å². The van der Waals surface area contributed by atoms with Crippen LogP contribution in [-0.2, 0) is 13.0 Å². The fraction of sp³-hybridized carbons (Fsp3) is 0.188. The van der Waals surface area contributed by atoms with E-state index in [1.807, 2.05) is 6.07 Å². The third-order valence-corrected chi connectivity index (χ3v) is 4.27. The minimum absolute atomic E-state index is 0.0489. The molecule has 108 valence electrons. The number of phenols is 1. The second kappa shape index (κ2) is 5.70. The first-order chi connectivity index (χ1) is 10.0. The number of hydrogen-bond donors (Lipinski definition) is 1. The van der Waals surface area contributed by atoms with Crippen molar-refractivity contribution in [2.24, 2.45) is 0 Å². The Morgan fingerprint density at radius 2 is 2.00 bits per heavy atom. The summed E-state index contributed by atoms with van der Waals surface area (Å²) >= 11 is 9.35. The summed E-state index contributed by atoms with van der Waals surface area (Å²) in [7, 11) is 0. The molecule has 0 atom stereocenters. The van der Waals surface area contributed by atoms with E-state index in [0.29, 0.717) is 23.7 Å². The molecule has 0 saturated carbocycles. The van der Waals surface area contributed by atoms with Crippen molar-refractivity contribution in [2.45, 2.75) is 13.0 Å². The molecule has 2 aromatic rings. The smallest absolute Gasteiger partial charge is 0.254 e. The highest BCUT2D eigenvalue weighted by atomic mass is 79.9. The van der Waals surface area contributed by atoms with Crippen molar-refractivity contribution >= 4 is 33.4 Å². The van der Waals surface area contributed by atoms with E-state index in [0.717, 1.165) is 16.5 Å². The molecule has 1 amide bonds. The number of carbonyl (C=O) groups excluding carboxylic acids is 1. The average molecular weight is 367 g/mol. The maximum atomic E-state index is 12.6. The minimum Gasteiger partial charge on any atom is -0.508 e. The van der Waals surface area contributed by atoms with Gasteiger partial charge in [-0.05, 0) is 47.9 Å². The van der Waals surface area contributed by atoms with Gasteiger partial charge >= 0.3 is 0 Å². The normalized spacial score (nSPS) is 13.9. The molecule has 1 aliphatic heterocycles. The van der Waals surface area contributed by atoms with E-state index in [1.54, 1.807) is 35.2 Å². The molecule has 0 saturated heterocycles. The standard InChI is InChI=1S/C16H13BrClNO2/c17-13-5-11(6-14(18)8-13)16(21)19-4-3-10-1-2-15(20)7-12(10)9-19/h1-2,5-8,20H,3-4,9H2. The number of benzene rings is 2. The van der Waals surface area contributed by atoms with E-state index in [1.165, 1.54) is 5.56 Å². The SMILES string of the molecule is O=C(c1cc(Cl)cc(Br)c1)N1CCc2ccc(O)cc2C1. The summed E-state index contributed by atoms with van der Waals surface area (Å²) in [6.45, 7) is 1.17. The van der Waals surface area contributed by atoms with E-state index < -0.39 is 0 Å². The Bertz CT molecular complexity index is 697. The van der Waals surface area contributed by atoms with Crippen LogP contribution in [0.4, 0.5) is 0 Å². The van der Waals surface area contributed by atoms with Crippen LogP contribution in [0.25, 0.3) is 0 Å². The zero-order valence-corrected chi connectivity index (χ0v) is 13.5. The molecule has 5 heteroatoms. The molecule has 3 nitrogen and oxygen atoms in total. The van der Waals surface area contributed by atoms with Gasteiger partial charge in [0.15, 0.2) is 0 Å². The quantitative estimate of drug-likeness (QED) is 0.828. The molecule has 0 fully saturated rings. The lowest BCUT2D eigenvalue weighted by Crippen LogP contribution is -2.35. The van der Waals surface area contributed by atoms with Crippen LogP contribution in [0.15, 0.2) is 40.9 Å². The van der Waals surface area contributed by atoms with Crippen molar-refractivity contribution in [1.82, 2.24) is 4.90 Å². The molecule has 1 heterocycles. The zero-order valence-electron chi connectivity index (χ0n) is 11.1. The molecule has 21 heavy (non-hydrogen) atoms. The van der Waals surface area contributed by atoms with Crippen molar-refractivity contribution in [2.75, 3.05) is 6.54 Å². The van der Waals surface area contributed by atoms with Gasteiger partial charge in [-0.15, -0.1) is 0 Å². The van der Waals surface area contributed by atoms with Crippen LogP contribution in [0.3, 0.4) is 0 Å². The lowest BCUT2D eigenvalue weighted by molar-refractivity contribution is 0.0734. The Labute approximate surface area is 136 Å². The maximum Gasteiger partial charge on any atom is 0.254 e. The summed E-state index contributed by atoms with van der Waals surface area (Å²) in [6, 6.07) is 10.5. The third kappa shape index (κ3) is 3.06. The number of hydrogen-bond acceptors (Lipinski definition) is 2. The van der Waals surface area contributed by atoms with Gasteiger partial charge in [-0.25, -0.2) is 0 Å². The van der Waals surface area contributed by atoms with E-state index in [4.69, 9.17) is 11.6 Å². The van der Waals surface area contributed by atoms with Crippen LogP contribution in [0, 0.1) is 0 Å². The molecule has 0 spiro atoms. The molecule has 2 aromatic carbocycles. The van der Waals surface area contributed by atoms with E-state index in [9.17, 15) is 9.90 Å². The number of nitrogens with zero attached hydrogens (tertiary/aromatic N) is 1. The first-order valence-corrected chi connectivity index (χ1v) is 7.76. The lowest BCUT2D eigenvalue weighted by atomic mass is 9.99. The van der Waals surface area contributed by atoms with E-state index in [2.05, 4.69) is 15.9 Å². The van der Waals surface area contributed by atoms with Crippen LogP contribution < -0.4 is 0 Å². The molecular weight excluding hydrogens is 354 g/mol. The fourth-order valence-corrected chi connectivity index (χ4v) is 3.44. The number of aromatic hydroxyl groups is 1. The number of phenolic OH excluding ortho intramolecular Hbond substituents is 1. The Morgan fingerprint density at radius 3 is 2.76 bits per heavy atom. The largest absolute Gasteiger partial charge is 0.508 e. The van der Waals surface area contributed by atoms with Crippen LogP contribution in [0.5, 0.6) is 5.75 Å². The molecule has 0 unspecified atom stereocenters. The average Bonchev–Trinajstić information content (AvgIpc) is 2.44. The second-order valence-corrected chi connectivity index (χ2v) is 6.44. The predicted molar refractivity (Wildman–Crippen MR) is 85.7 cm³/mol. The maximum absolute atomic E-state index is 12.6. The van der Waals surface area contributed by atoms with Crippen LogP contribution in [0.1, 0.15) is 21.5 Å². The highest BCUT2D eigenvalue weighted by molar-refractivity contribution is 9.10. The molecule has 1 aliphatic rings. The lowest BCUT2D eigenvalue weighted by Gasteiger charge is -2.29. The molecule has 0 aliphatic carbocycles. The number of carbonyl (C=O) groups is 1. The van der Waals surface area contributed by atoms with Gasteiger partial charge in [-0.1, -0.05) is 33.6 Å². The van der Waals surface area contributed by atoms with Crippen molar-refractivity contribution in [3.8, 4) is 5.75 Å². The summed E-state index contributed by atoms with van der Waals surface area (Å²) in [5, 5.41) is 10.1. The van der Waals surface area contributed by atoms with Crippen LogP contribution >= 0.6 is 27.5 Å². The second-order valence-electron chi connectivity index (χ2n) is 5.09. The van der Waals surface area contributed by atoms with Crippen LogP contribution in [-0.4, -0.2) is 22.5 Å². The summed E-state index contributed by atoms with van der Waals surface area (Å²) < 4.78 is 0.786. The van der Waals surface area contributed by atoms with Gasteiger partial charge < -0.3 is 10.0 Å². The van der Waals surface area contributed by atoms with Gasteiger partial charge in [-0.3, -0.25) is 4.79 Å². The highest BCUT2D eigenvalue weighted by Gasteiger charge is 2.22. The Balaban J connectivity index is 1.86. The Hall–Kier alpha value is -1.52. The summed E-state index contributed by atoms with van der Waals surface area (Å²) in [5.74, 6) is 0.181. The first kappa shape index (κ1) is 14.4. The van der Waals surface area contributed by atoms with Crippen molar-refractivity contribution in [3.63, 3.8) is 0 Å². The van der Waals surface area contributed by atoms with Crippen molar-refractivity contribution in [3.05, 3.63) is 62.6 Å². The summed E-state index contributed by atoms with van der Waals surface area (Å²) in [5.41, 5.74) is 2.75. The molecule has 0 aromatic heterocycles.